The van der Waals surface area contributed by atoms with Crippen molar-refractivity contribution in [3.63, 3.8) is 0 Å². The summed E-state index contributed by atoms with van der Waals surface area (Å²) in [5, 5.41) is 3.36. The van der Waals surface area contributed by atoms with E-state index in [4.69, 9.17) is 16.6 Å². The fourth-order valence-corrected chi connectivity index (χ4v) is 8.21. The number of fused-ring (bicyclic) bond motifs is 1. The molecule has 2 aromatic heterocycles. The molecule has 0 aliphatic carbocycles. The zero-order valence-electron chi connectivity index (χ0n) is 16.6. The molecule has 0 N–H and O–H groups in total. The Morgan fingerprint density at radius 1 is 1.13 bits per heavy atom. The fourth-order valence-electron chi connectivity index (χ4n) is 4.15. The summed E-state index contributed by atoms with van der Waals surface area (Å²) in [6.07, 6.45) is 1.28. The number of nitrogens with zero attached hydrogens (tertiary/aromatic N) is 4. The number of piperazine rings is 1. The van der Waals surface area contributed by atoms with Crippen molar-refractivity contribution in [3.05, 3.63) is 40.7 Å². The lowest BCUT2D eigenvalue weighted by atomic mass is 10.2. The number of halogens is 1. The summed E-state index contributed by atoms with van der Waals surface area (Å²) >= 11 is 8.87. The molecule has 2 aliphatic rings. The third-order valence-corrected chi connectivity index (χ3v) is 10.3. The number of anilines is 1. The summed E-state index contributed by atoms with van der Waals surface area (Å²) in [6, 6.07) is 8.38. The minimum absolute atomic E-state index is 0.0895. The molecular weight excluding hydrogens is 476 g/mol. The van der Waals surface area contributed by atoms with Crippen LogP contribution in [0.15, 0.2) is 39.9 Å². The van der Waals surface area contributed by atoms with Crippen molar-refractivity contribution >= 4 is 65.6 Å². The van der Waals surface area contributed by atoms with E-state index in [1.807, 2.05) is 18.2 Å². The molecule has 3 aromatic rings. The lowest BCUT2D eigenvalue weighted by Crippen LogP contribution is -2.54. The summed E-state index contributed by atoms with van der Waals surface area (Å²) in [4.78, 5) is 21.9. The maximum Gasteiger partial charge on any atom is 0.253 e. The molecule has 0 bridgehead atoms. The van der Waals surface area contributed by atoms with Crippen LogP contribution in [0.4, 0.5) is 5.13 Å². The largest absolute Gasteiger partial charge is 0.345 e. The van der Waals surface area contributed by atoms with Crippen LogP contribution >= 0.6 is 34.3 Å². The number of amides is 1. The Balaban J connectivity index is 1.27. The topological polar surface area (TPSA) is 73.8 Å². The Kier molecular flexibility index (Phi) is 5.68. The van der Waals surface area contributed by atoms with Crippen LogP contribution in [0.2, 0.25) is 5.02 Å². The highest BCUT2D eigenvalue weighted by Gasteiger charge is 2.42. The first-order valence-electron chi connectivity index (χ1n) is 10.1. The van der Waals surface area contributed by atoms with Crippen LogP contribution in [0.25, 0.3) is 10.2 Å². The van der Waals surface area contributed by atoms with Crippen molar-refractivity contribution < 1.29 is 13.2 Å². The third kappa shape index (κ3) is 3.95. The molecule has 164 valence electrons. The predicted molar refractivity (Wildman–Crippen MR) is 125 cm³/mol. The molecule has 0 unspecified atom stereocenters. The second-order valence-electron chi connectivity index (χ2n) is 7.63. The van der Waals surface area contributed by atoms with Gasteiger partial charge in [-0.15, -0.1) is 11.3 Å². The highest BCUT2D eigenvalue weighted by molar-refractivity contribution is 7.91. The number of thiazole rings is 1. The molecule has 7 nitrogen and oxygen atoms in total. The van der Waals surface area contributed by atoms with Gasteiger partial charge in [-0.1, -0.05) is 29.0 Å². The average Bonchev–Trinajstić information content (AvgIpc) is 3.53. The Morgan fingerprint density at radius 2 is 1.94 bits per heavy atom. The highest BCUT2D eigenvalue weighted by atomic mass is 35.5. The van der Waals surface area contributed by atoms with Crippen LogP contribution in [0, 0.1) is 0 Å². The number of benzene rings is 1. The Hall–Kier alpha value is -1.72. The number of carbonyl (C=O) groups is 1. The molecular formula is C20H21ClN4O3S3. The molecule has 2 aliphatic heterocycles. The molecule has 2 saturated heterocycles. The molecule has 1 amide bonds. The molecule has 1 aromatic carbocycles. The monoisotopic (exact) mass is 496 g/mol. The summed E-state index contributed by atoms with van der Waals surface area (Å²) in [7, 11) is -3.63. The zero-order chi connectivity index (χ0) is 21.6. The van der Waals surface area contributed by atoms with Crippen LogP contribution in [-0.4, -0.2) is 67.3 Å². The smallest absolute Gasteiger partial charge is 0.253 e. The van der Waals surface area contributed by atoms with Crippen LogP contribution in [0.1, 0.15) is 12.8 Å². The lowest BCUT2D eigenvalue weighted by Gasteiger charge is -2.37. The first kappa shape index (κ1) is 21.1. The Morgan fingerprint density at radius 3 is 2.68 bits per heavy atom. The van der Waals surface area contributed by atoms with E-state index in [1.165, 1.54) is 15.6 Å². The van der Waals surface area contributed by atoms with Crippen LogP contribution in [-0.2, 0) is 14.8 Å². The van der Waals surface area contributed by atoms with Crippen molar-refractivity contribution in [2.24, 2.45) is 0 Å². The second-order valence-corrected chi connectivity index (χ2v) is 12.1. The van der Waals surface area contributed by atoms with E-state index >= 15 is 0 Å². The van der Waals surface area contributed by atoms with E-state index in [0.717, 1.165) is 15.3 Å². The third-order valence-electron chi connectivity index (χ3n) is 5.75. The molecule has 4 heterocycles. The van der Waals surface area contributed by atoms with Gasteiger partial charge < -0.3 is 9.80 Å². The maximum atomic E-state index is 13.2. The van der Waals surface area contributed by atoms with E-state index in [-0.39, 0.29) is 5.91 Å². The van der Waals surface area contributed by atoms with Crippen molar-refractivity contribution in [2.45, 2.75) is 23.1 Å². The fraction of sp³-hybridized carbons (Fsp3) is 0.400. The van der Waals surface area contributed by atoms with Gasteiger partial charge in [0.15, 0.2) is 5.13 Å². The van der Waals surface area contributed by atoms with Gasteiger partial charge in [-0.25, -0.2) is 13.4 Å². The number of aromatic nitrogens is 1. The van der Waals surface area contributed by atoms with Gasteiger partial charge in [0, 0.05) is 37.7 Å². The standard InChI is InChI=1S/C20H21ClN4O3S3/c21-14-5-6-15-17(13-14)30-20(22-15)24-10-8-23(9-11-24)19(26)16-3-1-7-25(16)31(27,28)18-4-2-12-29-18/h2,4-6,12-13,16H,1,3,7-11H2/t16-/m1/s1. The van der Waals surface area contributed by atoms with E-state index in [1.54, 1.807) is 33.7 Å². The number of carbonyl (C=O) groups excluding carboxylic acids is 1. The van der Waals surface area contributed by atoms with Gasteiger partial charge in [-0.05, 0) is 42.5 Å². The van der Waals surface area contributed by atoms with E-state index in [0.29, 0.717) is 54.8 Å². The second kappa shape index (κ2) is 8.32. The average molecular weight is 497 g/mol. The zero-order valence-corrected chi connectivity index (χ0v) is 19.8. The molecule has 0 spiro atoms. The number of hydrogen-bond acceptors (Lipinski definition) is 7. The molecule has 5 rings (SSSR count). The summed E-state index contributed by atoms with van der Waals surface area (Å²) < 4.78 is 28.7. The van der Waals surface area contributed by atoms with E-state index in [9.17, 15) is 13.2 Å². The molecule has 0 saturated carbocycles. The predicted octanol–water partition coefficient (Wildman–Crippen LogP) is 3.51. The van der Waals surface area contributed by atoms with Gasteiger partial charge in [0.2, 0.25) is 5.91 Å². The van der Waals surface area contributed by atoms with Gasteiger partial charge in [-0.2, -0.15) is 4.31 Å². The number of sulfonamides is 1. The highest BCUT2D eigenvalue weighted by Crippen LogP contribution is 2.32. The van der Waals surface area contributed by atoms with E-state index in [2.05, 4.69) is 4.90 Å². The SMILES string of the molecule is O=C([C@H]1CCCN1S(=O)(=O)c1cccs1)N1CCN(c2nc3ccc(Cl)cc3s2)CC1. The van der Waals surface area contributed by atoms with Crippen LogP contribution < -0.4 is 4.90 Å². The first-order valence-corrected chi connectivity index (χ1v) is 13.6. The number of thiophene rings is 1. The van der Waals surface area contributed by atoms with Crippen LogP contribution in [0.3, 0.4) is 0 Å². The van der Waals surface area contributed by atoms with Crippen molar-refractivity contribution in [2.75, 3.05) is 37.6 Å². The first-order chi connectivity index (χ1) is 14.9. The van der Waals surface area contributed by atoms with E-state index < -0.39 is 16.1 Å². The van der Waals surface area contributed by atoms with Crippen LogP contribution in [0.5, 0.6) is 0 Å². The lowest BCUT2D eigenvalue weighted by molar-refractivity contribution is -0.134. The summed E-state index contributed by atoms with van der Waals surface area (Å²) in [6.45, 7) is 2.84. The number of rotatable bonds is 4. The number of hydrogen-bond donors (Lipinski definition) is 0. The van der Waals surface area contributed by atoms with Gasteiger partial charge in [0.05, 0.1) is 10.2 Å². The normalized spacial score (nSPS) is 20.6. The van der Waals surface area contributed by atoms with Crippen molar-refractivity contribution in [3.8, 4) is 0 Å². The maximum absolute atomic E-state index is 13.2. The quantitative estimate of drug-likeness (QED) is 0.552. The molecule has 1 atom stereocenters. The Labute approximate surface area is 193 Å². The van der Waals surface area contributed by atoms with Crippen molar-refractivity contribution in [1.82, 2.24) is 14.2 Å². The molecule has 11 heteroatoms. The summed E-state index contributed by atoms with van der Waals surface area (Å²) in [5.74, 6) is -0.0895. The minimum atomic E-state index is -3.63. The van der Waals surface area contributed by atoms with Gasteiger partial charge in [0.25, 0.3) is 10.0 Å². The van der Waals surface area contributed by atoms with Gasteiger partial charge in [-0.3, -0.25) is 4.79 Å². The Bertz CT molecular complexity index is 1200. The molecule has 0 radical (unpaired) electrons. The van der Waals surface area contributed by atoms with Gasteiger partial charge in [0.1, 0.15) is 10.3 Å². The molecule has 31 heavy (non-hydrogen) atoms. The van der Waals surface area contributed by atoms with Crippen molar-refractivity contribution in [1.29, 1.82) is 0 Å². The minimum Gasteiger partial charge on any atom is -0.345 e. The summed E-state index contributed by atoms with van der Waals surface area (Å²) in [5.41, 5.74) is 0.920. The molecule has 2 fully saturated rings. The van der Waals surface area contributed by atoms with Gasteiger partial charge >= 0.3 is 0 Å².